The van der Waals surface area contributed by atoms with Crippen LogP contribution in [0.2, 0.25) is 0 Å². The number of fused-ring (bicyclic) bond motifs is 1. The van der Waals surface area contributed by atoms with Crippen molar-refractivity contribution in [2.75, 3.05) is 18.8 Å². The molecule has 2 heterocycles. The van der Waals surface area contributed by atoms with Gasteiger partial charge in [0, 0.05) is 24.3 Å². The first kappa shape index (κ1) is 18.4. The van der Waals surface area contributed by atoms with Gasteiger partial charge in [-0.15, -0.1) is 0 Å². The van der Waals surface area contributed by atoms with Gasteiger partial charge in [0.05, 0.1) is 5.92 Å². The third kappa shape index (κ3) is 3.36. The molecule has 2 atom stereocenters. The third-order valence-corrected chi connectivity index (χ3v) is 6.37. The molecule has 0 aliphatic carbocycles. The van der Waals surface area contributed by atoms with E-state index in [-0.39, 0.29) is 17.0 Å². The van der Waals surface area contributed by atoms with Crippen LogP contribution in [-0.4, -0.2) is 39.7 Å². The van der Waals surface area contributed by atoms with Crippen LogP contribution in [0.3, 0.4) is 0 Å². The predicted octanol–water partition coefficient (Wildman–Crippen LogP) is 4.23. The maximum atomic E-state index is 14.0. The van der Waals surface area contributed by atoms with Gasteiger partial charge >= 0.3 is 0 Å². The summed E-state index contributed by atoms with van der Waals surface area (Å²) in [5.74, 6) is -0.809. The number of nitrogens with zero attached hydrogens (tertiary/aromatic N) is 2. The Labute approximate surface area is 162 Å². The number of aliphatic imine (C=N–C) groups is 1. The van der Waals surface area contributed by atoms with E-state index in [4.69, 9.17) is 0 Å². The molecule has 2 aliphatic rings. The molecule has 1 N–H and O–H groups in total. The molecule has 2 aliphatic heterocycles. The lowest BCUT2D eigenvalue weighted by Crippen LogP contribution is -2.56. The topological polar surface area (TPSA) is 35.8 Å². The van der Waals surface area contributed by atoms with Crippen molar-refractivity contribution in [1.82, 2.24) is 4.90 Å². The molecule has 1 fully saturated rings. The van der Waals surface area contributed by atoms with E-state index in [1.165, 1.54) is 36.0 Å². The number of benzene rings is 2. The Kier molecular flexibility index (Phi) is 4.51. The molecule has 4 rings (SSSR count). The molecular weight excluding hydrogens is 366 g/mol. The zero-order chi connectivity index (χ0) is 19.2. The van der Waals surface area contributed by atoms with Crippen molar-refractivity contribution >= 4 is 16.9 Å². The molecule has 0 bridgehead atoms. The van der Waals surface area contributed by atoms with Gasteiger partial charge in [-0.05, 0) is 35.4 Å². The number of rotatable bonds is 3. The minimum atomic E-state index is -1.27. The van der Waals surface area contributed by atoms with Gasteiger partial charge in [-0.25, -0.2) is 8.78 Å². The summed E-state index contributed by atoms with van der Waals surface area (Å²) in [6, 6.07) is 12.4. The van der Waals surface area contributed by atoms with Crippen LogP contribution >= 0.6 is 11.8 Å². The van der Waals surface area contributed by atoms with E-state index in [2.05, 4.69) is 18.8 Å². The van der Waals surface area contributed by atoms with E-state index in [0.29, 0.717) is 24.4 Å². The number of aliphatic hydroxyl groups is 1. The van der Waals surface area contributed by atoms with Crippen LogP contribution < -0.4 is 0 Å². The van der Waals surface area contributed by atoms with Crippen LogP contribution in [-0.2, 0) is 0 Å². The second-order valence-corrected chi connectivity index (χ2v) is 9.00. The monoisotopic (exact) mass is 388 g/mol. The SMILES string of the molecule is CC1(C)CN=C2SCC(O)(C(c3ccc(F)cc3)c3cccc(F)c3)N2C1. The fourth-order valence-corrected chi connectivity index (χ4v) is 5.09. The van der Waals surface area contributed by atoms with Crippen molar-refractivity contribution in [1.29, 1.82) is 0 Å². The van der Waals surface area contributed by atoms with E-state index in [1.54, 1.807) is 18.2 Å². The molecule has 27 heavy (non-hydrogen) atoms. The molecule has 0 saturated carbocycles. The Morgan fingerprint density at radius 2 is 1.81 bits per heavy atom. The van der Waals surface area contributed by atoms with Crippen LogP contribution in [0.15, 0.2) is 53.5 Å². The van der Waals surface area contributed by atoms with Crippen LogP contribution in [0, 0.1) is 17.0 Å². The Balaban J connectivity index is 1.84. The molecule has 2 aromatic rings. The van der Waals surface area contributed by atoms with E-state index in [1.807, 2.05) is 11.0 Å². The average Bonchev–Trinajstić information content (AvgIpc) is 2.93. The van der Waals surface area contributed by atoms with Gasteiger partial charge in [-0.1, -0.05) is 49.9 Å². The van der Waals surface area contributed by atoms with Crippen molar-refractivity contribution in [3.63, 3.8) is 0 Å². The number of halogens is 2. The minimum absolute atomic E-state index is 0.0718. The van der Waals surface area contributed by atoms with Crippen LogP contribution in [0.1, 0.15) is 30.9 Å². The molecule has 6 heteroatoms. The molecule has 0 amide bonds. The van der Waals surface area contributed by atoms with Crippen LogP contribution in [0.4, 0.5) is 8.78 Å². The Morgan fingerprint density at radius 3 is 2.52 bits per heavy atom. The van der Waals surface area contributed by atoms with Gasteiger partial charge < -0.3 is 10.0 Å². The van der Waals surface area contributed by atoms with Gasteiger partial charge in [0.2, 0.25) is 0 Å². The Morgan fingerprint density at radius 1 is 1.07 bits per heavy atom. The normalized spacial score (nSPS) is 25.1. The summed E-state index contributed by atoms with van der Waals surface area (Å²) in [5.41, 5.74) is 0.0638. The molecular formula is C21H22F2N2OS. The second-order valence-electron chi connectivity index (χ2n) is 8.06. The maximum absolute atomic E-state index is 14.0. The Bertz CT molecular complexity index is 884. The van der Waals surface area contributed by atoms with Crippen molar-refractivity contribution in [3.8, 4) is 0 Å². The standard InChI is InChI=1S/C21H22F2N2OS/c1-20(2)11-24-19-25(12-20)21(26,13-27-19)18(14-6-8-16(22)9-7-14)15-4-3-5-17(23)10-15/h3-10,18,26H,11-13H2,1-2H3. The maximum Gasteiger partial charge on any atom is 0.161 e. The zero-order valence-corrected chi connectivity index (χ0v) is 16.1. The smallest absolute Gasteiger partial charge is 0.161 e. The molecule has 1 saturated heterocycles. The summed E-state index contributed by atoms with van der Waals surface area (Å²) < 4.78 is 27.5. The summed E-state index contributed by atoms with van der Waals surface area (Å²) >= 11 is 1.52. The lowest BCUT2D eigenvalue weighted by Gasteiger charge is -2.45. The van der Waals surface area contributed by atoms with Crippen molar-refractivity contribution < 1.29 is 13.9 Å². The summed E-state index contributed by atoms with van der Waals surface area (Å²) in [5, 5.41) is 12.7. The summed E-state index contributed by atoms with van der Waals surface area (Å²) in [7, 11) is 0. The quantitative estimate of drug-likeness (QED) is 0.855. The fourth-order valence-electron chi connectivity index (χ4n) is 3.89. The van der Waals surface area contributed by atoms with Gasteiger partial charge in [-0.2, -0.15) is 0 Å². The highest BCUT2D eigenvalue weighted by Crippen LogP contribution is 2.47. The number of amidine groups is 1. The number of hydrogen-bond acceptors (Lipinski definition) is 4. The minimum Gasteiger partial charge on any atom is -0.369 e. The van der Waals surface area contributed by atoms with Crippen molar-refractivity contribution in [3.05, 3.63) is 71.3 Å². The average molecular weight is 388 g/mol. The third-order valence-electron chi connectivity index (χ3n) is 5.19. The predicted molar refractivity (Wildman–Crippen MR) is 105 cm³/mol. The van der Waals surface area contributed by atoms with E-state index in [0.717, 1.165) is 10.7 Å². The van der Waals surface area contributed by atoms with Gasteiger partial charge in [-0.3, -0.25) is 4.99 Å². The molecule has 2 unspecified atom stereocenters. The van der Waals surface area contributed by atoms with Gasteiger partial charge in [0.1, 0.15) is 11.6 Å². The van der Waals surface area contributed by atoms with Crippen LogP contribution in [0.5, 0.6) is 0 Å². The molecule has 0 aromatic heterocycles. The summed E-state index contributed by atoms with van der Waals surface area (Å²) in [4.78, 5) is 6.60. The fraction of sp³-hybridized carbons (Fsp3) is 0.381. The van der Waals surface area contributed by atoms with E-state index in [9.17, 15) is 13.9 Å². The first-order valence-corrected chi connectivity index (χ1v) is 9.95. The van der Waals surface area contributed by atoms with Crippen molar-refractivity contribution in [2.24, 2.45) is 10.4 Å². The highest BCUT2D eigenvalue weighted by molar-refractivity contribution is 8.14. The summed E-state index contributed by atoms with van der Waals surface area (Å²) in [6.07, 6.45) is 0. The highest BCUT2D eigenvalue weighted by atomic mass is 32.2. The molecule has 2 aromatic carbocycles. The van der Waals surface area contributed by atoms with E-state index < -0.39 is 11.6 Å². The van der Waals surface area contributed by atoms with Gasteiger partial charge in [0.25, 0.3) is 0 Å². The Hall–Kier alpha value is -1.92. The van der Waals surface area contributed by atoms with E-state index >= 15 is 0 Å². The van der Waals surface area contributed by atoms with Crippen LogP contribution in [0.25, 0.3) is 0 Å². The zero-order valence-electron chi connectivity index (χ0n) is 15.3. The van der Waals surface area contributed by atoms with Gasteiger partial charge in [0.15, 0.2) is 10.9 Å². The number of thioether (sulfide) groups is 1. The lowest BCUT2D eigenvalue weighted by atomic mass is 9.81. The highest BCUT2D eigenvalue weighted by Gasteiger charge is 2.52. The second kappa shape index (κ2) is 6.60. The molecule has 142 valence electrons. The first-order chi connectivity index (χ1) is 12.8. The molecule has 3 nitrogen and oxygen atoms in total. The summed E-state index contributed by atoms with van der Waals surface area (Å²) in [6.45, 7) is 5.60. The number of hydrogen-bond donors (Lipinski definition) is 1. The van der Waals surface area contributed by atoms with Crippen molar-refractivity contribution in [2.45, 2.75) is 25.5 Å². The molecule has 0 spiro atoms. The first-order valence-electron chi connectivity index (χ1n) is 8.97. The molecule has 0 radical (unpaired) electrons. The lowest BCUT2D eigenvalue weighted by molar-refractivity contribution is -0.0703. The largest absolute Gasteiger partial charge is 0.369 e.